The summed E-state index contributed by atoms with van der Waals surface area (Å²) in [7, 11) is -3.11. The predicted octanol–water partition coefficient (Wildman–Crippen LogP) is 8.70. The van der Waals surface area contributed by atoms with Gasteiger partial charge in [-0.3, -0.25) is 4.79 Å². The van der Waals surface area contributed by atoms with Crippen molar-refractivity contribution in [1.29, 1.82) is 0 Å². The molecule has 3 aliphatic rings. The van der Waals surface area contributed by atoms with E-state index < -0.39 is 23.9 Å². The third kappa shape index (κ3) is 12.6. The van der Waals surface area contributed by atoms with E-state index in [9.17, 15) is 4.79 Å². The summed E-state index contributed by atoms with van der Waals surface area (Å²) in [6, 6.07) is 0. The van der Waals surface area contributed by atoms with Gasteiger partial charge in [0.15, 0.2) is 42.2 Å². The molecule has 9 heteroatoms. The van der Waals surface area contributed by atoms with Gasteiger partial charge < -0.3 is 27.8 Å². The first-order valence-electron chi connectivity index (χ1n) is 17.9. The van der Waals surface area contributed by atoms with Crippen LogP contribution in [0, 0.1) is 5.92 Å². The molecular weight excluding hydrogens is 589 g/mol. The van der Waals surface area contributed by atoms with E-state index in [1.165, 1.54) is 0 Å². The second-order valence-corrected chi connectivity index (χ2v) is 22.3. The number of ether oxygens (including phenoxy) is 4. The fraction of sp³-hybridized carbons (Fsp3) is 0.914. The van der Waals surface area contributed by atoms with Crippen LogP contribution < -0.4 is 0 Å². The second kappa shape index (κ2) is 17.6. The highest BCUT2D eigenvalue weighted by Crippen LogP contribution is 2.45. The summed E-state index contributed by atoms with van der Waals surface area (Å²) in [5, 5.41) is 0.269. The molecule has 1 saturated carbocycles. The highest BCUT2D eigenvalue weighted by molar-refractivity contribution is 6.55. The van der Waals surface area contributed by atoms with Crippen LogP contribution in [0.1, 0.15) is 138 Å². The van der Waals surface area contributed by atoms with E-state index in [2.05, 4.69) is 61.6 Å². The van der Waals surface area contributed by atoms with E-state index in [1.54, 1.807) is 0 Å². The third-order valence-corrected chi connectivity index (χ3v) is 16.2. The summed E-state index contributed by atoms with van der Waals surface area (Å²) >= 11 is 0. The van der Waals surface area contributed by atoms with Crippen molar-refractivity contribution in [3.8, 4) is 0 Å². The van der Waals surface area contributed by atoms with Crippen molar-refractivity contribution in [1.82, 2.24) is 0 Å². The molecular formula is C35H66O7Si2. The number of carbonyl (C=O) groups is 1. The van der Waals surface area contributed by atoms with E-state index in [0.717, 1.165) is 90.1 Å². The number of rotatable bonds is 16. The lowest BCUT2D eigenvalue weighted by Crippen LogP contribution is -2.46. The van der Waals surface area contributed by atoms with Crippen molar-refractivity contribution < 1.29 is 32.6 Å². The Kier molecular flexibility index (Phi) is 15.1. The molecule has 0 N–H and O–H groups in total. The highest BCUT2D eigenvalue weighted by Gasteiger charge is 2.47. The first kappa shape index (κ1) is 37.9. The van der Waals surface area contributed by atoms with Gasteiger partial charge in [0.2, 0.25) is 0 Å². The van der Waals surface area contributed by atoms with Crippen LogP contribution in [0.15, 0.2) is 11.8 Å². The van der Waals surface area contributed by atoms with Crippen LogP contribution in [0.25, 0.3) is 0 Å². The number of hydrogen-bond acceptors (Lipinski definition) is 7. The fourth-order valence-electron chi connectivity index (χ4n) is 5.96. The maximum absolute atomic E-state index is 14.1. The Bertz CT molecular complexity index is 862. The Morgan fingerprint density at radius 3 is 2.00 bits per heavy atom. The molecule has 2 saturated heterocycles. The minimum absolute atomic E-state index is 0.0378. The third-order valence-electron chi connectivity index (χ3n) is 9.79. The Balaban J connectivity index is 1.79. The zero-order valence-corrected chi connectivity index (χ0v) is 32.0. The molecule has 0 aromatic rings. The van der Waals surface area contributed by atoms with Gasteiger partial charge in [0.25, 0.3) is 0 Å². The first-order valence-corrected chi connectivity index (χ1v) is 22.3. The maximum Gasteiger partial charge on any atom is 0.199 e. The molecule has 0 spiro atoms. The zero-order chi connectivity index (χ0) is 32.4. The Morgan fingerprint density at radius 1 is 0.886 bits per heavy atom. The van der Waals surface area contributed by atoms with Crippen LogP contribution in [0.3, 0.4) is 0 Å². The van der Waals surface area contributed by atoms with Gasteiger partial charge in [0.1, 0.15) is 5.79 Å². The molecule has 0 amide bonds. The highest BCUT2D eigenvalue weighted by atomic mass is 28.3. The van der Waals surface area contributed by atoms with Gasteiger partial charge in [0.05, 0.1) is 12.7 Å². The Morgan fingerprint density at radius 2 is 1.48 bits per heavy atom. The van der Waals surface area contributed by atoms with Crippen molar-refractivity contribution in [3.05, 3.63) is 11.8 Å². The van der Waals surface area contributed by atoms with E-state index in [0.29, 0.717) is 18.8 Å². The van der Waals surface area contributed by atoms with Crippen LogP contribution >= 0.6 is 0 Å². The standard InChI is InChI=1S/C35H66O7Si2/c1-10-11-12-17-28(39-31-18-13-15-22-37-31)25-30(40-32-19-14-16-23-38-32)29(36)24-27-20-21-35(26-27,41-43(8)33(2,3)4)42-44(9)34(5,6)7/h25,27-28,31-32,43-44H,10-24,26H2,1-9H3. The molecule has 0 radical (unpaired) electrons. The topological polar surface area (TPSA) is 72.5 Å². The van der Waals surface area contributed by atoms with Crippen molar-refractivity contribution in [2.45, 2.75) is 186 Å². The van der Waals surface area contributed by atoms with E-state index in [1.807, 2.05) is 6.08 Å². The van der Waals surface area contributed by atoms with E-state index in [-0.39, 0.29) is 40.5 Å². The lowest BCUT2D eigenvalue weighted by Gasteiger charge is -2.42. The lowest BCUT2D eigenvalue weighted by atomic mass is 9.98. The molecule has 2 heterocycles. The number of unbranched alkanes of at least 4 members (excludes halogenated alkanes) is 2. The normalized spacial score (nSPS) is 29.3. The maximum atomic E-state index is 14.1. The average molecular weight is 655 g/mol. The zero-order valence-electron chi connectivity index (χ0n) is 29.7. The minimum Gasteiger partial charge on any atom is -0.461 e. The summed E-state index contributed by atoms with van der Waals surface area (Å²) in [5.74, 6) is 0.0499. The molecule has 6 atom stereocenters. The average Bonchev–Trinajstić information content (AvgIpc) is 3.34. The van der Waals surface area contributed by atoms with Crippen LogP contribution in [-0.2, 0) is 32.6 Å². The first-order chi connectivity index (χ1) is 20.7. The van der Waals surface area contributed by atoms with Crippen molar-refractivity contribution in [2.24, 2.45) is 5.92 Å². The van der Waals surface area contributed by atoms with Gasteiger partial charge in [-0.1, -0.05) is 67.7 Å². The molecule has 256 valence electrons. The Labute approximate surface area is 272 Å². The lowest BCUT2D eigenvalue weighted by molar-refractivity contribution is -0.181. The summed E-state index contributed by atoms with van der Waals surface area (Å²) in [6.45, 7) is 21.8. The SMILES string of the molecule is CCCCCC(C=C(OC1CCCCO1)C(=O)CC1CCC(O[SiH](C)C(C)(C)C)(O[SiH](C)C(C)(C)C)C1)OC1CCCCO1. The number of ketones is 1. The molecule has 0 aromatic heterocycles. The Hall–Kier alpha value is -0.556. The van der Waals surface area contributed by atoms with Crippen molar-refractivity contribution in [2.75, 3.05) is 13.2 Å². The molecule has 1 aliphatic carbocycles. The van der Waals surface area contributed by atoms with Gasteiger partial charge in [-0.05, 0) is 86.5 Å². The molecule has 3 fully saturated rings. The molecule has 0 bridgehead atoms. The van der Waals surface area contributed by atoms with Crippen LogP contribution in [0.2, 0.25) is 23.2 Å². The van der Waals surface area contributed by atoms with Crippen LogP contribution in [0.5, 0.6) is 0 Å². The fourth-order valence-corrected chi connectivity index (χ4v) is 8.60. The largest absolute Gasteiger partial charge is 0.461 e. The molecule has 3 rings (SSSR count). The van der Waals surface area contributed by atoms with Crippen LogP contribution in [0.4, 0.5) is 0 Å². The number of Topliss-reactive ketones (excluding diaryl/α,β-unsaturated/α-hetero) is 1. The number of allylic oxidation sites excluding steroid dienone is 1. The molecule has 0 aromatic carbocycles. The van der Waals surface area contributed by atoms with E-state index in [4.69, 9.17) is 27.8 Å². The summed E-state index contributed by atoms with van der Waals surface area (Å²) in [4.78, 5) is 14.1. The molecule has 44 heavy (non-hydrogen) atoms. The van der Waals surface area contributed by atoms with Gasteiger partial charge in [0, 0.05) is 25.9 Å². The van der Waals surface area contributed by atoms with Crippen molar-refractivity contribution in [3.63, 3.8) is 0 Å². The number of hydrogen-bond donors (Lipinski definition) is 0. The predicted molar refractivity (Wildman–Crippen MR) is 183 cm³/mol. The van der Waals surface area contributed by atoms with Gasteiger partial charge >= 0.3 is 0 Å². The molecule has 7 nitrogen and oxygen atoms in total. The smallest absolute Gasteiger partial charge is 0.199 e. The van der Waals surface area contributed by atoms with Gasteiger partial charge in [-0.15, -0.1) is 0 Å². The van der Waals surface area contributed by atoms with E-state index >= 15 is 0 Å². The van der Waals surface area contributed by atoms with Crippen molar-refractivity contribution >= 4 is 23.9 Å². The second-order valence-electron chi connectivity index (χ2n) is 15.8. The summed E-state index contributed by atoms with van der Waals surface area (Å²) in [5.41, 5.74) is 0. The van der Waals surface area contributed by atoms with Gasteiger partial charge in [-0.2, -0.15) is 0 Å². The molecule has 2 aliphatic heterocycles. The quantitative estimate of drug-likeness (QED) is 0.0542. The molecule has 6 unspecified atom stereocenters. The van der Waals surface area contributed by atoms with Gasteiger partial charge in [-0.25, -0.2) is 0 Å². The van der Waals surface area contributed by atoms with Crippen LogP contribution in [-0.4, -0.2) is 61.5 Å². The number of carbonyl (C=O) groups excluding carboxylic acids is 1. The monoisotopic (exact) mass is 654 g/mol. The summed E-state index contributed by atoms with van der Waals surface area (Å²) in [6.07, 6.45) is 14.2. The summed E-state index contributed by atoms with van der Waals surface area (Å²) < 4.78 is 38.6. The minimum atomic E-state index is -1.55.